The van der Waals surface area contributed by atoms with Crippen molar-refractivity contribution in [3.63, 3.8) is 0 Å². The van der Waals surface area contributed by atoms with Gasteiger partial charge in [-0.1, -0.05) is 13.8 Å². The average Bonchev–Trinajstić information content (AvgIpc) is 3.54. The van der Waals surface area contributed by atoms with Gasteiger partial charge in [-0.2, -0.15) is 0 Å². The number of amides is 1. The first-order chi connectivity index (χ1) is 15.6. The highest BCUT2D eigenvalue weighted by atomic mass is 19.1. The molecule has 33 heavy (non-hydrogen) atoms. The van der Waals surface area contributed by atoms with Gasteiger partial charge in [-0.3, -0.25) is 4.79 Å². The van der Waals surface area contributed by atoms with Crippen molar-refractivity contribution in [1.82, 2.24) is 5.32 Å². The van der Waals surface area contributed by atoms with E-state index in [4.69, 9.17) is 4.74 Å². The van der Waals surface area contributed by atoms with Crippen LogP contribution in [-0.2, 0) is 4.79 Å². The second kappa shape index (κ2) is 9.24. The van der Waals surface area contributed by atoms with Gasteiger partial charge >= 0.3 is 5.97 Å². The summed E-state index contributed by atoms with van der Waals surface area (Å²) in [5, 5.41) is 21.1. The number of hydrogen-bond donors (Lipinski definition) is 3. The molecule has 1 amide bonds. The minimum absolute atomic E-state index is 0.124. The van der Waals surface area contributed by atoms with Gasteiger partial charge in [0, 0.05) is 11.5 Å². The van der Waals surface area contributed by atoms with E-state index in [1.807, 2.05) is 0 Å². The molecular weight excluding hydrogens is 425 g/mol. The lowest BCUT2D eigenvalue weighted by Gasteiger charge is -2.49. The molecule has 3 N–H and O–H groups in total. The first-order valence-electron chi connectivity index (χ1n) is 12.2. The number of carbonyl (C=O) groups is 2. The number of carboxylic acid groups (broad SMARTS) is 1. The van der Waals surface area contributed by atoms with Crippen LogP contribution in [0.5, 0.6) is 5.75 Å². The minimum atomic E-state index is -1.51. The van der Waals surface area contributed by atoms with Crippen LogP contribution in [0, 0.1) is 29.0 Å². The summed E-state index contributed by atoms with van der Waals surface area (Å²) in [6, 6.07) is 1.28. The fraction of sp³-hybridized carbons (Fsp3) is 0.692. The van der Waals surface area contributed by atoms with E-state index in [2.05, 4.69) is 19.2 Å². The molecule has 0 heterocycles. The van der Waals surface area contributed by atoms with Gasteiger partial charge in [-0.25, -0.2) is 9.18 Å². The third-order valence-corrected chi connectivity index (χ3v) is 7.69. The number of fused-ring (bicyclic) bond motifs is 2. The molecule has 0 radical (unpaired) electrons. The van der Waals surface area contributed by atoms with Crippen LogP contribution in [0.15, 0.2) is 12.1 Å². The molecular formula is C26H36FNO5. The maximum Gasteiger partial charge on any atom is 0.328 e. The number of carboxylic acids is 1. The van der Waals surface area contributed by atoms with Crippen molar-refractivity contribution in [2.75, 3.05) is 6.61 Å². The highest BCUT2D eigenvalue weighted by Crippen LogP contribution is 2.53. The van der Waals surface area contributed by atoms with Crippen LogP contribution >= 0.6 is 0 Å². The molecule has 0 spiro atoms. The van der Waals surface area contributed by atoms with Crippen molar-refractivity contribution in [2.45, 2.75) is 83.8 Å². The molecule has 1 aromatic rings. The van der Waals surface area contributed by atoms with Crippen molar-refractivity contribution < 1.29 is 28.9 Å². The third kappa shape index (κ3) is 5.34. The normalized spacial score (nSPS) is 30.9. The Bertz CT molecular complexity index is 893. The van der Waals surface area contributed by atoms with Crippen LogP contribution in [-0.4, -0.2) is 40.8 Å². The van der Waals surface area contributed by atoms with E-state index < -0.39 is 29.8 Å². The van der Waals surface area contributed by atoms with Gasteiger partial charge in [-0.15, -0.1) is 0 Å². The zero-order chi connectivity index (χ0) is 23.9. The lowest BCUT2D eigenvalue weighted by atomic mass is 9.57. The number of rotatable bonds is 8. The Morgan fingerprint density at radius 1 is 1.18 bits per heavy atom. The number of nitrogens with one attached hydrogen (secondary N) is 1. The maximum absolute atomic E-state index is 15.0. The van der Waals surface area contributed by atoms with E-state index >= 15 is 4.39 Å². The fourth-order valence-corrected chi connectivity index (χ4v) is 6.51. The Labute approximate surface area is 194 Å². The second-order valence-corrected chi connectivity index (χ2v) is 11.1. The molecule has 4 atom stereocenters. The van der Waals surface area contributed by atoms with Gasteiger partial charge in [0.1, 0.15) is 11.6 Å². The zero-order valence-electron chi connectivity index (χ0n) is 19.8. The van der Waals surface area contributed by atoms with Crippen molar-refractivity contribution in [3.8, 4) is 5.75 Å². The van der Waals surface area contributed by atoms with Gasteiger partial charge < -0.3 is 20.3 Å². The van der Waals surface area contributed by atoms with Gasteiger partial charge in [0.2, 0.25) is 0 Å². The lowest BCUT2D eigenvalue weighted by Crippen LogP contribution is -2.47. The number of ether oxygens (including phenoxy) is 1. The van der Waals surface area contributed by atoms with E-state index in [1.165, 1.54) is 38.3 Å². The molecule has 7 heteroatoms. The standard InChI is InChI=1S/C26H36FNO5/c1-14-6-17-7-15(2)11-26(10-14,12-17)13-33-22-9-21(27)20(8-19(22)18-4-5-18)24(30)28-23(16(3)29)25(31)32/h8-9,14-18,23,29H,4-7,10-13H2,1-3H3,(H,28,30)(H,31,32). The van der Waals surface area contributed by atoms with Crippen molar-refractivity contribution in [3.05, 3.63) is 29.1 Å². The quantitative estimate of drug-likeness (QED) is 0.530. The molecule has 3 aliphatic carbocycles. The number of carbonyl (C=O) groups excluding carboxylic acids is 1. The zero-order valence-corrected chi connectivity index (χ0v) is 19.8. The molecule has 4 unspecified atom stereocenters. The number of benzene rings is 1. The van der Waals surface area contributed by atoms with E-state index in [0.717, 1.165) is 37.2 Å². The molecule has 0 aromatic heterocycles. The van der Waals surface area contributed by atoms with Crippen LogP contribution in [0.3, 0.4) is 0 Å². The first kappa shape index (κ1) is 24.0. The molecule has 0 aliphatic heterocycles. The highest BCUT2D eigenvalue weighted by Gasteiger charge is 2.45. The molecule has 3 saturated carbocycles. The van der Waals surface area contributed by atoms with Crippen molar-refractivity contribution >= 4 is 11.9 Å². The third-order valence-electron chi connectivity index (χ3n) is 7.69. The highest BCUT2D eigenvalue weighted by molar-refractivity contribution is 5.97. The van der Waals surface area contributed by atoms with E-state index in [9.17, 15) is 19.8 Å². The topological polar surface area (TPSA) is 95.9 Å². The lowest BCUT2D eigenvalue weighted by molar-refractivity contribution is -0.141. The SMILES string of the molecule is CC1CC2CC(C)CC(COc3cc(F)c(C(=O)NC(C(=O)O)C(C)O)cc3C3CC3)(C1)C2. The molecule has 0 saturated heterocycles. The summed E-state index contributed by atoms with van der Waals surface area (Å²) in [5.41, 5.74) is 0.720. The average molecular weight is 462 g/mol. The van der Waals surface area contributed by atoms with E-state index in [-0.39, 0.29) is 16.9 Å². The monoisotopic (exact) mass is 461 g/mol. The van der Waals surface area contributed by atoms with E-state index in [1.54, 1.807) is 0 Å². The number of halogens is 1. The van der Waals surface area contributed by atoms with Crippen LogP contribution in [0.4, 0.5) is 4.39 Å². The molecule has 2 bridgehead atoms. The molecule has 6 nitrogen and oxygen atoms in total. The predicted octanol–water partition coefficient (Wildman–Crippen LogP) is 4.50. The van der Waals surface area contributed by atoms with Gasteiger partial charge in [0.15, 0.2) is 6.04 Å². The largest absolute Gasteiger partial charge is 0.493 e. The van der Waals surface area contributed by atoms with Gasteiger partial charge in [0.25, 0.3) is 5.91 Å². The van der Waals surface area contributed by atoms with Crippen molar-refractivity contribution in [1.29, 1.82) is 0 Å². The summed E-state index contributed by atoms with van der Waals surface area (Å²) in [6.45, 7) is 6.46. The Morgan fingerprint density at radius 2 is 1.82 bits per heavy atom. The fourth-order valence-electron chi connectivity index (χ4n) is 6.51. The van der Waals surface area contributed by atoms with Crippen LogP contribution in [0.2, 0.25) is 0 Å². The first-order valence-corrected chi connectivity index (χ1v) is 12.2. The summed E-state index contributed by atoms with van der Waals surface area (Å²) < 4.78 is 21.3. The number of hydrogen-bond acceptors (Lipinski definition) is 4. The molecule has 3 aliphatic rings. The summed E-state index contributed by atoms with van der Waals surface area (Å²) in [4.78, 5) is 24.0. The summed E-state index contributed by atoms with van der Waals surface area (Å²) >= 11 is 0. The second-order valence-electron chi connectivity index (χ2n) is 11.1. The number of aliphatic hydroxyl groups excluding tert-OH is 1. The molecule has 3 fully saturated rings. The summed E-state index contributed by atoms with van der Waals surface area (Å²) in [5.74, 6) is -0.170. The Balaban J connectivity index is 1.54. The molecule has 1 aromatic carbocycles. The number of aliphatic hydroxyl groups is 1. The van der Waals surface area contributed by atoms with Crippen LogP contribution in [0.25, 0.3) is 0 Å². The van der Waals surface area contributed by atoms with Crippen LogP contribution < -0.4 is 10.1 Å². The molecule has 182 valence electrons. The Kier molecular flexibility index (Phi) is 6.72. The van der Waals surface area contributed by atoms with Gasteiger partial charge in [-0.05, 0) is 87.2 Å². The molecule has 4 rings (SSSR count). The number of aliphatic carboxylic acids is 1. The maximum atomic E-state index is 15.0. The smallest absolute Gasteiger partial charge is 0.328 e. The van der Waals surface area contributed by atoms with Crippen molar-refractivity contribution in [2.24, 2.45) is 23.2 Å². The van der Waals surface area contributed by atoms with Gasteiger partial charge in [0.05, 0.1) is 18.3 Å². The Morgan fingerprint density at radius 3 is 2.36 bits per heavy atom. The Hall–Kier alpha value is -2.15. The minimum Gasteiger partial charge on any atom is -0.493 e. The predicted molar refractivity (Wildman–Crippen MR) is 122 cm³/mol. The van der Waals surface area contributed by atoms with E-state index in [0.29, 0.717) is 24.2 Å². The summed E-state index contributed by atoms with van der Waals surface area (Å²) in [7, 11) is 0. The summed E-state index contributed by atoms with van der Waals surface area (Å²) in [6.07, 6.45) is 6.59. The van der Waals surface area contributed by atoms with Crippen LogP contribution in [0.1, 0.15) is 87.6 Å².